The summed E-state index contributed by atoms with van der Waals surface area (Å²) in [5.74, 6) is -0.0916. The third kappa shape index (κ3) is 3.45. The smallest absolute Gasteiger partial charge is 0.127 e. The number of nitrogens with zero attached hydrogens (tertiary/aromatic N) is 1. The van der Waals surface area contributed by atoms with Crippen molar-refractivity contribution in [1.82, 2.24) is 10.2 Å². The predicted molar refractivity (Wildman–Crippen MR) is 61.8 cm³/mol. The fraction of sp³-hybridized carbons (Fsp3) is 0.455. The maximum Gasteiger partial charge on any atom is 0.127 e. The van der Waals surface area contributed by atoms with Gasteiger partial charge in [0.1, 0.15) is 5.82 Å². The number of piperazine rings is 1. The molecule has 1 saturated heterocycles. The molecule has 1 aliphatic heterocycles. The highest BCUT2D eigenvalue weighted by Gasteiger charge is 2.11. The Kier molecular flexibility index (Phi) is 5.02. The number of nitrogens with one attached hydrogen (secondary N) is 1. The molecule has 1 N–H and O–H groups in total. The van der Waals surface area contributed by atoms with Crippen LogP contribution in [0.4, 0.5) is 4.39 Å². The first-order valence-corrected chi connectivity index (χ1v) is 5.03. The molecule has 2 rings (SSSR count). The van der Waals surface area contributed by atoms with Gasteiger partial charge in [0.05, 0.1) is 0 Å². The minimum Gasteiger partial charge on any atom is -0.314 e. The van der Waals surface area contributed by atoms with E-state index in [9.17, 15) is 4.39 Å². The molecule has 0 bridgehead atoms. The molecule has 1 aromatic rings. The van der Waals surface area contributed by atoms with Crippen molar-refractivity contribution in [3.63, 3.8) is 0 Å². The standard InChI is InChI=1S/C11H15FN2.ClH/c12-11-4-2-1-3-10(11)9-14-7-5-13-6-8-14;/h1-4,13H,5-9H2;1H. The van der Waals surface area contributed by atoms with E-state index in [1.54, 1.807) is 6.07 Å². The fourth-order valence-electron chi connectivity index (χ4n) is 1.74. The highest BCUT2D eigenvalue weighted by atomic mass is 35.5. The first-order chi connectivity index (χ1) is 6.86. The Hall–Kier alpha value is -0.640. The van der Waals surface area contributed by atoms with E-state index in [4.69, 9.17) is 0 Å². The van der Waals surface area contributed by atoms with Crippen LogP contribution in [0.3, 0.4) is 0 Å². The average Bonchev–Trinajstić information content (AvgIpc) is 2.23. The Morgan fingerprint density at radius 2 is 1.87 bits per heavy atom. The van der Waals surface area contributed by atoms with Crippen LogP contribution in [-0.4, -0.2) is 31.1 Å². The lowest BCUT2D eigenvalue weighted by atomic mass is 10.2. The van der Waals surface area contributed by atoms with Crippen LogP contribution < -0.4 is 5.32 Å². The van der Waals surface area contributed by atoms with Gasteiger partial charge in [-0.2, -0.15) is 0 Å². The zero-order valence-corrected chi connectivity index (χ0v) is 9.39. The number of halogens is 2. The minimum absolute atomic E-state index is 0. The molecule has 0 saturated carbocycles. The Morgan fingerprint density at radius 1 is 1.20 bits per heavy atom. The SMILES string of the molecule is Cl.Fc1ccccc1CN1CCNCC1. The quantitative estimate of drug-likeness (QED) is 0.831. The molecule has 0 unspecified atom stereocenters. The number of benzene rings is 1. The van der Waals surface area contributed by atoms with E-state index < -0.39 is 0 Å². The molecule has 2 nitrogen and oxygen atoms in total. The molecule has 1 aliphatic rings. The number of hydrogen-bond acceptors (Lipinski definition) is 2. The van der Waals surface area contributed by atoms with Gasteiger partial charge in [0.15, 0.2) is 0 Å². The van der Waals surface area contributed by atoms with Crippen LogP contribution >= 0.6 is 12.4 Å². The van der Waals surface area contributed by atoms with E-state index >= 15 is 0 Å². The van der Waals surface area contributed by atoms with Crippen molar-refractivity contribution in [2.45, 2.75) is 6.54 Å². The summed E-state index contributed by atoms with van der Waals surface area (Å²) in [4.78, 5) is 2.27. The summed E-state index contributed by atoms with van der Waals surface area (Å²) in [7, 11) is 0. The van der Waals surface area contributed by atoms with E-state index in [0.29, 0.717) is 0 Å². The number of hydrogen-bond donors (Lipinski definition) is 1. The monoisotopic (exact) mass is 230 g/mol. The Labute approximate surface area is 95.9 Å². The van der Waals surface area contributed by atoms with Crippen LogP contribution in [0.25, 0.3) is 0 Å². The van der Waals surface area contributed by atoms with Gasteiger partial charge in [-0.25, -0.2) is 4.39 Å². The first kappa shape index (κ1) is 12.4. The molecule has 1 fully saturated rings. The highest BCUT2D eigenvalue weighted by Crippen LogP contribution is 2.09. The molecule has 1 heterocycles. The molecule has 4 heteroatoms. The zero-order chi connectivity index (χ0) is 9.80. The van der Waals surface area contributed by atoms with Crippen LogP contribution in [0.1, 0.15) is 5.56 Å². The molecular formula is C11H16ClFN2. The van der Waals surface area contributed by atoms with Crippen LogP contribution in [-0.2, 0) is 6.54 Å². The lowest BCUT2D eigenvalue weighted by Crippen LogP contribution is -2.43. The summed E-state index contributed by atoms with van der Waals surface area (Å²) in [6.07, 6.45) is 0. The molecule has 0 atom stereocenters. The van der Waals surface area contributed by atoms with Gasteiger partial charge in [0.25, 0.3) is 0 Å². The molecule has 84 valence electrons. The summed E-state index contributed by atoms with van der Waals surface area (Å²) >= 11 is 0. The van der Waals surface area contributed by atoms with Crippen molar-refractivity contribution in [1.29, 1.82) is 0 Å². The van der Waals surface area contributed by atoms with Crippen LogP contribution in [0.2, 0.25) is 0 Å². The highest BCUT2D eigenvalue weighted by molar-refractivity contribution is 5.85. The summed E-state index contributed by atoms with van der Waals surface area (Å²) in [5, 5.41) is 3.28. The van der Waals surface area contributed by atoms with Gasteiger partial charge in [0, 0.05) is 38.3 Å². The van der Waals surface area contributed by atoms with E-state index in [-0.39, 0.29) is 18.2 Å². The van der Waals surface area contributed by atoms with Crippen molar-refractivity contribution >= 4 is 12.4 Å². The Morgan fingerprint density at radius 3 is 2.53 bits per heavy atom. The topological polar surface area (TPSA) is 15.3 Å². The second-order valence-electron chi connectivity index (χ2n) is 3.62. The lowest BCUT2D eigenvalue weighted by molar-refractivity contribution is 0.230. The summed E-state index contributed by atoms with van der Waals surface area (Å²) in [6, 6.07) is 7.01. The Bertz CT molecular complexity index is 300. The maximum atomic E-state index is 13.3. The van der Waals surface area contributed by atoms with E-state index in [0.717, 1.165) is 38.3 Å². The Balaban J connectivity index is 0.00000112. The molecule has 0 radical (unpaired) electrons. The second kappa shape index (κ2) is 6.05. The van der Waals surface area contributed by atoms with Crippen LogP contribution in [0.5, 0.6) is 0 Å². The number of rotatable bonds is 2. The molecular weight excluding hydrogens is 215 g/mol. The van der Waals surface area contributed by atoms with Crippen LogP contribution in [0.15, 0.2) is 24.3 Å². The zero-order valence-electron chi connectivity index (χ0n) is 8.58. The normalized spacial score (nSPS) is 17.1. The molecule has 0 aromatic heterocycles. The van der Waals surface area contributed by atoms with Gasteiger partial charge in [-0.05, 0) is 6.07 Å². The van der Waals surface area contributed by atoms with Crippen molar-refractivity contribution in [2.24, 2.45) is 0 Å². The molecule has 0 aliphatic carbocycles. The van der Waals surface area contributed by atoms with Crippen molar-refractivity contribution in [3.8, 4) is 0 Å². The van der Waals surface area contributed by atoms with Gasteiger partial charge in [0.2, 0.25) is 0 Å². The molecule has 1 aromatic carbocycles. The summed E-state index contributed by atoms with van der Waals surface area (Å²) in [5.41, 5.74) is 0.800. The van der Waals surface area contributed by atoms with E-state index in [1.165, 1.54) is 6.07 Å². The average molecular weight is 231 g/mol. The first-order valence-electron chi connectivity index (χ1n) is 5.03. The fourth-order valence-corrected chi connectivity index (χ4v) is 1.74. The van der Waals surface area contributed by atoms with Crippen molar-refractivity contribution in [2.75, 3.05) is 26.2 Å². The van der Waals surface area contributed by atoms with Gasteiger partial charge >= 0.3 is 0 Å². The molecule has 15 heavy (non-hydrogen) atoms. The van der Waals surface area contributed by atoms with Gasteiger partial charge in [-0.1, -0.05) is 18.2 Å². The van der Waals surface area contributed by atoms with E-state index in [2.05, 4.69) is 10.2 Å². The lowest BCUT2D eigenvalue weighted by Gasteiger charge is -2.27. The third-order valence-corrected chi connectivity index (χ3v) is 2.56. The minimum atomic E-state index is -0.0916. The maximum absolute atomic E-state index is 13.3. The van der Waals surface area contributed by atoms with Gasteiger partial charge in [-0.15, -0.1) is 12.4 Å². The van der Waals surface area contributed by atoms with Gasteiger partial charge in [-0.3, -0.25) is 4.90 Å². The van der Waals surface area contributed by atoms with Gasteiger partial charge < -0.3 is 5.32 Å². The van der Waals surface area contributed by atoms with E-state index in [1.807, 2.05) is 12.1 Å². The second-order valence-corrected chi connectivity index (χ2v) is 3.62. The predicted octanol–water partition coefficient (Wildman–Crippen LogP) is 1.65. The summed E-state index contributed by atoms with van der Waals surface area (Å²) in [6.45, 7) is 4.76. The van der Waals surface area contributed by atoms with Crippen molar-refractivity contribution < 1.29 is 4.39 Å². The molecule has 0 spiro atoms. The largest absolute Gasteiger partial charge is 0.314 e. The summed E-state index contributed by atoms with van der Waals surface area (Å²) < 4.78 is 13.3. The molecule has 0 amide bonds. The van der Waals surface area contributed by atoms with Crippen LogP contribution in [0, 0.1) is 5.82 Å². The third-order valence-electron chi connectivity index (χ3n) is 2.56. The van der Waals surface area contributed by atoms with Crippen molar-refractivity contribution in [3.05, 3.63) is 35.6 Å².